The van der Waals surface area contributed by atoms with E-state index in [1.165, 1.54) is 0 Å². The zero-order valence-electron chi connectivity index (χ0n) is 19.4. The molecule has 3 aromatic carbocycles. The average molecular weight is 457 g/mol. The van der Waals surface area contributed by atoms with Crippen LogP contribution in [-0.4, -0.2) is 25.0 Å². The molecule has 3 aromatic rings. The van der Waals surface area contributed by atoms with Crippen molar-refractivity contribution in [2.75, 3.05) is 22.9 Å². The van der Waals surface area contributed by atoms with Gasteiger partial charge in [-0.05, 0) is 74.5 Å². The van der Waals surface area contributed by atoms with Gasteiger partial charge in [0.15, 0.2) is 0 Å². The van der Waals surface area contributed by atoms with Gasteiger partial charge in [0, 0.05) is 54.1 Å². The van der Waals surface area contributed by atoms with Crippen molar-refractivity contribution >= 4 is 34.7 Å². The van der Waals surface area contributed by atoms with Crippen LogP contribution in [0.25, 0.3) is 0 Å². The number of hydrogen-bond donors (Lipinski definition) is 0. The number of benzene rings is 3. The van der Waals surface area contributed by atoms with Crippen LogP contribution in [-0.2, 0) is 9.59 Å². The summed E-state index contributed by atoms with van der Waals surface area (Å²) in [4.78, 5) is 27.5. The highest BCUT2D eigenvalue weighted by molar-refractivity contribution is 5.85. The normalized spacial score (nSPS) is 10.2. The largest absolute Gasteiger partial charge is 0.423 e. The summed E-state index contributed by atoms with van der Waals surface area (Å²) in [6.45, 7) is 13.0. The molecule has 0 unspecified atom stereocenters. The molecule has 6 nitrogen and oxygen atoms in total. The molecular formula is C28H28N2O4. The van der Waals surface area contributed by atoms with Crippen molar-refractivity contribution in [3.8, 4) is 11.5 Å². The molecule has 3 rings (SSSR count). The number of carbonyl (C=O) groups excluding carboxylic acids is 2. The molecule has 0 saturated carbocycles. The van der Waals surface area contributed by atoms with Gasteiger partial charge in [-0.1, -0.05) is 19.2 Å². The Morgan fingerprint density at radius 2 is 1.21 bits per heavy atom. The van der Waals surface area contributed by atoms with Gasteiger partial charge >= 0.3 is 11.9 Å². The number of rotatable bonds is 10. The Labute approximate surface area is 200 Å². The van der Waals surface area contributed by atoms with E-state index in [0.29, 0.717) is 11.5 Å². The maximum atomic E-state index is 11.7. The third-order valence-electron chi connectivity index (χ3n) is 5.18. The van der Waals surface area contributed by atoms with Crippen LogP contribution >= 0.6 is 0 Å². The number of anilines is 4. The predicted molar refractivity (Wildman–Crippen MR) is 136 cm³/mol. The second kappa shape index (κ2) is 11.5. The topological polar surface area (TPSA) is 59.1 Å². The van der Waals surface area contributed by atoms with Gasteiger partial charge in [-0.3, -0.25) is 0 Å². The molecule has 34 heavy (non-hydrogen) atoms. The van der Waals surface area contributed by atoms with Crippen molar-refractivity contribution in [1.29, 1.82) is 0 Å². The molecule has 6 heteroatoms. The van der Waals surface area contributed by atoms with Gasteiger partial charge in [0.05, 0.1) is 0 Å². The van der Waals surface area contributed by atoms with E-state index in [2.05, 4.69) is 44.0 Å². The van der Waals surface area contributed by atoms with Crippen LogP contribution in [0.4, 0.5) is 22.7 Å². The van der Waals surface area contributed by atoms with Gasteiger partial charge in [0.2, 0.25) is 0 Å². The maximum absolute atomic E-state index is 11.7. The molecule has 0 aliphatic carbocycles. The van der Waals surface area contributed by atoms with Crippen molar-refractivity contribution in [3.63, 3.8) is 0 Å². The number of ether oxygens (including phenoxy) is 2. The molecule has 174 valence electrons. The highest BCUT2D eigenvalue weighted by Gasteiger charge is 2.15. The summed E-state index contributed by atoms with van der Waals surface area (Å²) in [7, 11) is 0. The first-order valence-corrected chi connectivity index (χ1v) is 11.0. The fraction of sp³-hybridized carbons (Fsp3) is 0.143. The van der Waals surface area contributed by atoms with Crippen LogP contribution in [0, 0.1) is 0 Å². The van der Waals surface area contributed by atoms with E-state index in [1.807, 2.05) is 41.3 Å². The molecule has 0 aliphatic heterocycles. The van der Waals surface area contributed by atoms with Crippen molar-refractivity contribution < 1.29 is 19.1 Å². The monoisotopic (exact) mass is 456 g/mol. The molecule has 0 fully saturated rings. The van der Waals surface area contributed by atoms with Crippen molar-refractivity contribution in [2.45, 2.75) is 13.8 Å². The number of esters is 2. The molecule has 0 spiro atoms. The highest BCUT2D eigenvalue weighted by atomic mass is 16.5. The van der Waals surface area contributed by atoms with Gasteiger partial charge in [-0.15, -0.1) is 0 Å². The molecule has 0 heterocycles. The zero-order chi connectivity index (χ0) is 24.5. The summed E-state index contributed by atoms with van der Waals surface area (Å²) < 4.78 is 10.5. The van der Waals surface area contributed by atoms with E-state index in [0.717, 1.165) is 48.0 Å². The summed E-state index contributed by atoms with van der Waals surface area (Å²) in [6, 6.07) is 22.6. The molecule has 0 radical (unpaired) electrons. The number of nitrogens with zero attached hydrogens (tertiary/aromatic N) is 2. The summed E-state index contributed by atoms with van der Waals surface area (Å²) in [6.07, 6.45) is 2.24. The molecule has 0 saturated heterocycles. The van der Waals surface area contributed by atoms with Gasteiger partial charge < -0.3 is 19.3 Å². The first kappa shape index (κ1) is 24.3. The first-order valence-electron chi connectivity index (χ1n) is 11.0. The van der Waals surface area contributed by atoms with Crippen LogP contribution in [0.3, 0.4) is 0 Å². The van der Waals surface area contributed by atoms with Crippen molar-refractivity contribution in [3.05, 3.63) is 98.1 Å². The van der Waals surface area contributed by atoms with Crippen molar-refractivity contribution in [1.82, 2.24) is 0 Å². The standard InChI is InChI=1S/C28H28N2O4/c1-5-27(31)33-25-18-16-23(17-19-25)30(22-14-12-21(13-15-22)29(7-3)8-4)24-10-9-11-26(20-24)34-28(32)6-2/h5-6,9-20H,1-2,7-8H2,3-4H3. The lowest BCUT2D eigenvalue weighted by molar-refractivity contribution is -0.129. The molecule has 0 aliphatic rings. The van der Waals surface area contributed by atoms with E-state index >= 15 is 0 Å². The third kappa shape index (κ3) is 5.92. The van der Waals surface area contributed by atoms with Crippen LogP contribution in [0.5, 0.6) is 11.5 Å². The lowest BCUT2D eigenvalue weighted by Gasteiger charge is -2.27. The number of hydrogen-bond acceptors (Lipinski definition) is 6. The van der Waals surface area contributed by atoms with Crippen molar-refractivity contribution in [2.24, 2.45) is 0 Å². The van der Waals surface area contributed by atoms with E-state index in [1.54, 1.807) is 24.3 Å². The second-order valence-electron chi connectivity index (χ2n) is 7.27. The van der Waals surface area contributed by atoms with E-state index < -0.39 is 11.9 Å². The molecular weight excluding hydrogens is 428 g/mol. The first-order chi connectivity index (χ1) is 16.5. The SMILES string of the molecule is C=CC(=O)Oc1ccc(N(c2ccc(N(CC)CC)cc2)c2cccc(OC(=O)C=C)c2)cc1. The Morgan fingerprint density at radius 3 is 1.74 bits per heavy atom. The Morgan fingerprint density at radius 1 is 0.706 bits per heavy atom. The van der Waals surface area contributed by atoms with Crippen LogP contribution < -0.4 is 19.3 Å². The molecule has 0 bridgehead atoms. The Balaban J connectivity index is 2.03. The summed E-state index contributed by atoms with van der Waals surface area (Å²) >= 11 is 0. The summed E-state index contributed by atoms with van der Waals surface area (Å²) in [5, 5.41) is 0. The smallest absolute Gasteiger partial charge is 0.335 e. The predicted octanol–water partition coefficient (Wildman–Crippen LogP) is 6.19. The minimum absolute atomic E-state index is 0.406. The lowest BCUT2D eigenvalue weighted by atomic mass is 10.1. The van der Waals surface area contributed by atoms with Gasteiger partial charge in [0.25, 0.3) is 0 Å². The highest BCUT2D eigenvalue weighted by Crippen LogP contribution is 2.37. The van der Waals surface area contributed by atoms with E-state index in [-0.39, 0.29) is 0 Å². The van der Waals surface area contributed by atoms with Gasteiger partial charge in [-0.25, -0.2) is 9.59 Å². The Kier molecular flexibility index (Phi) is 8.24. The minimum atomic E-state index is -0.527. The molecule has 0 N–H and O–H groups in total. The van der Waals surface area contributed by atoms with E-state index in [4.69, 9.17) is 9.47 Å². The summed E-state index contributed by atoms with van der Waals surface area (Å²) in [5.41, 5.74) is 3.68. The van der Waals surface area contributed by atoms with Crippen LogP contribution in [0.2, 0.25) is 0 Å². The number of carbonyl (C=O) groups is 2. The molecule has 0 amide bonds. The Bertz CT molecular complexity index is 1150. The average Bonchev–Trinajstić information content (AvgIpc) is 2.87. The third-order valence-corrected chi connectivity index (χ3v) is 5.18. The summed E-state index contributed by atoms with van der Waals surface area (Å²) in [5.74, 6) is -0.225. The van der Waals surface area contributed by atoms with Gasteiger partial charge in [-0.2, -0.15) is 0 Å². The lowest BCUT2D eigenvalue weighted by Crippen LogP contribution is -2.21. The molecule has 0 aromatic heterocycles. The maximum Gasteiger partial charge on any atom is 0.335 e. The quantitative estimate of drug-likeness (QED) is 0.206. The fourth-order valence-corrected chi connectivity index (χ4v) is 3.51. The Hall–Kier alpha value is -4.32. The fourth-order valence-electron chi connectivity index (χ4n) is 3.51. The minimum Gasteiger partial charge on any atom is -0.423 e. The zero-order valence-corrected chi connectivity index (χ0v) is 19.4. The van der Waals surface area contributed by atoms with Crippen LogP contribution in [0.1, 0.15) is 13.8 Å². The van der Waals surface area contributed by atoms with E-state index in [9.17, 15) is 9.59 Å². The molecule has 0 atom stereocenters. The van der Waals surface area contributed by atoms with Gasteiger partial charge in [0.1, 0.15) is 11.5 Å². The second-order valence-corrected chi connectivity index (χ2v) is 7.27. The van der Waals surface area contributed by atoms with Crippen LogP contribution in [0.15, 0.2) is 98.1 Å².